The number of nitrogens with one attached hydrogen (secondary N) is 1. The van der Waals surface area contributed by atoms with E-state index in [-0.39, 0.29) is 12.0 Å². The summed E-state index contributed by atoms with van der Waals surface area (Å²) in [5, 5.41) is 5.85. The van der Waals surface area contributed by atoms with Gasteiger partial charge in [0.1, 0.15) is 0 Å². The topological polar surface area (TPSA) is 41.6 Å². The fourth-order valence-electron chi connectivity index (χ4n) is 2.86. The second-order valence-electron chi connectivity index (χ2n) is 5.56. The first-order chi connectivity index (χ1) is 11.5. The van der Waals surface area contributed by atoms with Gasteiger partial charge in [-0.05, 0) is 55.2 Å². The van der Waals surface area contributed by atoms with E-state index in [1.807, 2.05) is 60.5 Å². The van der Waals surface area contributed by atoms with Crippen LogP contribution in [0.5, 0.6) is 0 Å². The van der Waals surface area contributed by atoms with Gasteiger partial charge in [0.15, 0.2) is 5.11 Å². The van der Waals surface area contributed by atoms with Gasteiger partial charge in [0, 0.05) is 16.3 Å². The molecule has 2 heterocycles. The average molecular weight is 358 g/mol. The van der Waals surface area contributed by atoms with Crippen LogP contribution in [-0.4, -0.2) is 18.2 Å². The summed E-state index contributed by atoms with van der Waals surface area (Å²) in [6.07, 6.45) is 0. The first kappa shape index (κ1) is 16.7. The lowest BCUT2D eigenvalue weighted by Crippen LogP contribution is -2.47. The van der Waals surface area contributed by atoms with Gasteiger partial charge in [0.05, 0.1) is 18.7 Å². The summed E-state index contributed by atoms with van der Waals surface area (Å²) in [4.78, 5) is 15.4. The number of allylic oxidation sites excluding steroid dienone is 1. The van der Waals surface area contributed by atoms with Crippen LogP contribution >= 0.6 is 23.6 Å². The van der Waals surface area contributed by atoms with E-state index in [1.54, 1.807) is 11.3 Å². The number of thiocarbonyl (C=S) groups is 1. The zero-order chi connectivity index (χ0) is 17.3. The molecule has 1 unspecified atom stereocenters. The number of carbonyl (C=O) groups excluding carboxylic acids is 1. The Balaban J connectivity index is 2.14. The molecule has 1 aromatic carbocycles. The Labute approximate surface area is 150 Å². The Morgan fingerprint density at radius 1 is 1.29 bits per heavy atom. The number of ether oxygens (including phenoxy) is 1. The van der Waals surface area contributed by atoms with Crippen molar-refractivity contribution in [1.82, 2.24) is 5.32 Å². The van der Waals surface area contributed by atoms with Crippen molar-refractivity contribution in [2.24, 2.45) is 0 Å². The highest BCUT2D eigenvalue weighted by Gasteiger charge is 2.35. The highest BCUT2D eigenvalue weighted by atomic mass is 32.1. The van der Waals surface area contributed by atoms with E-state index in [0.29, 0.717) is 10.7 Å². The van der Waals surface area contributed by atoms with Crippen LogP contribution in [0.3, 0.4) is 0 Å². The predicted octanol–water partition coefficient (Wildman–Crippen LogP) is 3.94. The van der Waals surface area contributed by atoms with Crippen LogP contribution in [0.15, 0.2) is 53.0 Å². The Morgan fingerprint density at radius 2 is 2.08 bits per heavy atom. The molecule has 0 aliphatic carbocycles. The van der Waals surface area contributed by atoms with Gasteiger partial charge in [-0.15, -0.1) is 11.3 Å². The Bertz CT molecular complexity index is 812. The summed E-state index contributed by atoms with van der Waals surface area (Å²) >= 11 is 7.17. The van der Waals surface area contributed by atoms with E-state index in [2.05, 4.69) is 5.32 Å². The zero-order valence-corrected chi connectivity index (χ0v) is 15.3. The number of rotatable bonds is 3. The van der Waals surface area contributed by atoms with E-state index in [9.17, 15) is 4.79 Å². The molecule has 0 spiro atoms. The second kappa shape index (κ2) is 6.75. The molecular weight excluding hydrogens is 340 g/mol. The van der Waals surface area contributed by atoms with Crippen molar-refractivity contribution >= 4 is 40.3 Å². The standard InChI is InChI=1S/C18H18N2O2S2/c1-11-6-4-7-13(10-11)20-12(2)15(17(21)22-3)16(19-18(20)23)14-8-5-9-24-14/h4-10,16H,1-3H3,(H,19,23). The number of hydrogen-bond donors (Lipinski definition) is 1. The predicted molar refractivity (Wildman–Crippen MR) is 101 cm³/mol. The number of carbonyl (C=O) groups is 1. The molecule has 1 aliphatic rings. The van der Waals surface area contributed by atoms with Crippen molar-refractivity contribution in [3.63, 3.8) is 0 Å². The lowest BCUT2D eigenvalue weighted by atomic mass is 10.00. The molecule has 1 aromatic heterocycles. The Morgan fingerprint density at radius 3 is 2.71 bits per heavy atom. The van der Waals surface area contributed by atoms with Crippen LogP contribution in [0.25, 0.3) is 0 Å². The normalized spacial score (nSPS) is 17.7. The van der Waals surface area contributed by atoms with Crippen LogP contribution in [0.2, 0.25) is 0 Å². The number of thiophene rings is 1. The van der Waals surface area contributed by atoms with E-state index in [1.165, 1.54) is 7.11 Å². The number of methoxy groups -OCH3 is 1. The first-order valence-electron chi connectivity index (χ1n) is 7.52. The molecule has 0 fully saturated rings. The van der Waals surface area contributed by atoms with Crippen molar-refractivity contribution in [3.8, 4) is 0 Å². The van der Waals surface area contributed by atoms with Crippen LogP contribution in [0.4, 0.5) is 5.69 Å². The number of anilines is 1. The average Bonchev–Trinajstić information content (AvgIpc) is 3.08. The van der Waals surface area contributed by atoms with E-state index in [0.717, 1.165) is 21.8 Å². The van der Waals surface area contributed by atoms with Gasteiger partial charge in [-0.25, -0.2) is 4.79 Å². The third-order valence-electron chi connectivity index (χ3n) is 3.98. The summed E-state index contributed by atoms with van der Waals surface area (Å²) < 4.78 is 5.03. The molecule has 6 heteroatoms. The minimum atomic E-state index is -0.349. The third-order valence-corrected chi connectivity index (χ3v) is 5.22. The summed E-state index contributed by atoms with van der Waals surface area (Å²) in [6.45, 7) is 3.93. The zero-order valence-electron chi connectivity index (χ0n) is 13.7. The van der Waals surface area contributed by atoms with Gasteiger partial charge in [-0.3, -0.25) is 4.90 Å². The first-order valence-corrected chi connectivity index (χ1v) is 8.81. The summed E-state index contributed by atoms with van der Waals surface area (Å²) in [5.41, 5.74) is 3.42. The SMILES string of the molecule is COC(=O)C1=C(C)N(c2cccc(C)c2)C(=S)NC1c1cccs1. The lowest BCUT2D eigenvalue weighted by molar-refractivity contribution is -0.136. The maximum absolute atomic E-state index is 12.4. The maximum Gasteiger partial charge on any atom is 0.338 e. The number of esters is 1. The highest BCUT2D eigenvalue weighted by Crippen LogP contribution is 2.35. The Kier molecular flexibility index (Phi) is 4.69. The van der Waals surface area contributed by atoms with Crippen molar-refractivity contribution in [2.45, 2.75) is 19.9 Å². The molecule has 4 nitrogen and oxygen atoms in total. The minimum absolute atomic E-state index is 0.286. The third kappa shape index (κ3) is 2.95. The number of nitrogens with zero attached hydrogens (tertiary/aromatic N) is 1. The molecule has 2 aromatic rings. The van der Waals surface area contributed by atoms with E-state index < -0.39 is 0 Å². The molecule has 1 aliphatic heterocycles. The van der Waals surface area contributed by atoms with Gasteiger partial charge < -0.3 is 10.1 Å². The minimum Gasteiger partial charge on any atom is -0.466 e. The lowest BCUT2D eigenvalue weighted by Gasteiger charge is -2.37. The number of hydrogen-bond acceptors (Lipinski definition) is 4. The van der Waals surface area contributed by atoms with Gasteiger partial charge in [0.2, 0.25) is 0 Å². The van der Waals surface area contributed by atoms with Crippen LogP contribution in [0.1, 0.15) is 23.4 Å². The summed E-state index contributed by atoms with van der Waals surface area (Å²) in [6, 6.07) is 11.7. The molecule has 124 valence electrons. The smallest absolute Gasteiger partial charge is 0.338 e. The Hall–Kier alpha value is -2.18. The van der Waals surface area contributed by atoms with Crippen LogP contribution in [-0.2, 0) is 9.53 Å². The van der Waals surface area contributed by atoms with Crippen LogP contribution < -0.4 is 10.2 Å². The quantitative estimate of drug-likeness (QED) is 0.665. The summed E-state index contributed by atoms with van der Waals surface area (Å²) in [7, 11) is 1.40. The highest BCUT2D eigenvalue weighted by molar-refractivity contribution is 7.80. The van der Waals surface area contributed by atoms with E-state index >= 15 is 0 Å². The monoisotopic (exact) mass is 358 g/mol. The van der Waals surface area contributed by atoms with Gasteiger partial charge in [-0.2, -0.15) is 0 Å². The van der Waals surface area contributed by atoms with Crippen molar-refractivity contribution in [3.05, 3.63) is 63.5 Å². The van der Waals surface area contributed by atoms with Crippen molar-refractivity contribution in [1.29, 1.82) is 0 Å². The van der Waals surface area contributed by atoms with Gasteiger partial charge in [-0.1, -0.05) is 18.2 Å². The molecule has 3 rings (SSSR count). The van der Waals surface area contributed by atoms with Gasteiger partial charge in [0.25, 0.3) is 0 Å². The molecule has 0 saturated carbocycles. The number of benzene rings is 1. The molecule has 0 amide bonds. The fraction of sp³-hybridized carbons (Fsp3) is 0.222. The van der Waals surface area contributed by atoms with Gasteiger partial charge >= 0.3 is 5.97 Å². The van der Waals surface area contributed by atoms with E-state index in [4.69, 9.17) is 17.0 Å². The largest absolute Gasteiger partial charge is 0.466 e. The molecule has 0 radical (unpaired) electrons. The second-order valence-corrected chi connectivity index (χ2v) is 6.93. The molecule has 0 saturated heterocycles. The molecule has 0 bridgehead atoms. The number of aryl methyl sites for hydroxylation is 1. The summed E-state index contributed by atoms with van der Waals surface area (Å²) in [5.74, 6) is -0.349. The van der Waals surface area contributed by atoms with Crippen molar-refractivity contribution in [2.75, 3.05) is 12.0 Å². The maximum atomic E-state index is 12.4. The fourth-order valence-corrected chi connectivity index (χ4v) is 4.01. The molecule has 1 N–H and O–H groups in total. The molecular formula is C18H18N2O2S2. The van der Waals surface area contributed by atoms with Crippen LogP contribution in [0, 0.1) is 6.92 Å². The van der Waals surface area contributed by atoms with Crippen molar-refractivity contribution < 1.29 is 9.53 Å². The molecule has 24 heavy (non-hydrogen) atoms. The molecule has 1 atom stereocenters.